The van der Waals surface area contributed by atoms with E-state index in [2.05, 4.69) is 135 Å². The molecule has 1 nitrogen and oxygen atoms in total. The van der Waals surface area contributed by atoms with Crippen LogP contribution in [0.1, 0.15) is 11.1 Å². The lowest BCUT2D eigenvalue weighted by atomic mass is 9.99. The third-order valence-corrected chi connectivity index (χ3v) is 6.51. The zero-order valence-corrected chi connectivity index (χ0v) is 19.5. The Morgan fingerprint density at radius 2 is 1.36 bits per heavy atom. The van der Waals surface area contributed by atoms with Crippen molar-refractivity contribution in [2.75, 3.05) is 0 Å². The third kappa shape index (κ3) is 4.09. The molecular formula is C21H12I3N. The summed E-state index contributed by atoms with van der Waals surface area (Å²) < 4.78 is 3.19. The molecule has 25 heavy (non-hydrogen) atoms. The van der Waals surface area contributed by atoms with Crippen molar-refractivity contribution in [1.82, 2.24) is 0 Å². The van der Waals surface area contributed by atoms with Gasteiger partial charge in [-0.05, 0) is 114 Å². The van der Waals surface area contributed by atoms with Crippen molar-refractivity contribution >= 4 is 73.8 Å². The van der Waals surface area contributed by atoms with Crippen LogP contribution in [-0.4, -0.2) is 0 Å². The minimum Gasteiger partial charge on any atom is -0.192 e. The molecule has 0 saturated heterocycles. The topological polar surface area (TPSA) is 23.8 Å². The number of nitrogens with zero attached hydrogens (tertiary/aromatic N) is 1. The zero-order chi connectivity index (χ0) is 18.0. The Labute approximate surface area is 188 Å². The number of rotatable bonds is 3. The van der Waals surface area contributed by atoms with Gasteiger partial charge in [-0.2, -0.15) is 5.26 Å². The summed E-state index contributed by atoms with van der Waals surface area (Å²) in [5, 5.41) is 9.22. The third-order valence-electron chi connectivity index (χ3n) is 3.91. The van der Waals surface area contributed by atoms with Crippen LogP contribution in [0.3, 0.4) is 0 Å². The molecule has 0 spiro atoms. The van der Waals surface area contributed by atoms with Crippen LogP contribution in [0.2, 0.25) is 0 Å². The first kappa shape index (κ1) is 18.9. The van der Waals surface area contributed by atoms with Crippen LogP contribution >= 0.6 is 67.8 Å². The molecule has 0 bridgehead atoms. The summed E-state index contributed by atoms with van der Waals surface area (Å²) >= 11 is 6.83. The van der Waals surface area contributed by atoms with E-state index in [-0.39, 0.29) is 0 Å². The second-order valence-corrected chi connectivity index (χ2v) is 8.93. The van der Waals surface area contributed by atoms with E-state index < -0.39 is 0 Å². The maximum absolute atomic E-state index is 9.22. The summed E-state index contributed by atoms with van der Waals surface area (Å²) in [6.07, 6.45) is 1.86. The predicted octanol–water partition coefficient (Wildman–Crippen LogP) is 7.35. The first-order chi connectivity index (χ1) is 12.0. The molecular weight excluding hydrogens is 647 g/mol. The molecule has 3 aromatic carbocycles. The van der Waals surface area contributed by atoms with Gasteiger partial charge in [-0.3, -0.25) is 0 Å². The average Bonchev–Trinajstić information content (AvgIpc) is 2.61. The molecule has 0 amide bonds. The van der Waals surface area contributed by atoms with Gasteiger partial charge < -0.3 is 0 Å². The molecule has 0 saturated carbocycles. The Bertz CT molecular complexity index is 976. The Hall–Kier alpha value is -0.920. The van der Waals surface area contributed by atoms with E-state index in [0.717, 1.165) is 29.4 Å². The fourth-order valence-corrected chi connectivity index (χ4v) is 5.44. The zero-order valence-electron chi connectivity index (χ0n) is 13.1. The van der Waals surface area contributed by atoms with Crippen LogP contribution in [0.4, 0.5) is 0 Å². The minimum absolute atomic E-state index is 0.749. The van der Waals surface area contributed by atoms with E-state index >= 15 is 0 Å². The summed E-state index contributed by atoms with van der Waals surface area (Å²) in [6, 6.07) is 21.4. The van der Waals surface area contributed by atoms with Crippen LogP contribution in [0, 0.1) is 22.0 Å². The Morgan fingerprint density at radius 1 is 0.760 bits per heavy atom. The highest BCUT2D eigenvalue weighted by atomic mass is 127. The van der Waals surface area contributed by atoms with Gasteiger partial charge in [0, 0.05) is 10.7 Å². The van der Waals surface area contributed by atoms with E-state index in [4.69, 9.17) is 0 Å². The molecule has 0 aliphatic heterocycles. The largest absolute Gasteiger partial charge is 0.192 e. The van der Waals surface area contributed by atoms with Crippen molar-refractivity contribution in [3.05, 3.63) is 83.0 Å². The highest BCUT2D eigenvalue weighted by molar-refractivity contribution is 14.1. The fraction of sp³-hybridized carbons (Fsp3) is 0. The summed E-state index contributed by atoms with van der Waals surface area (Å²) in [5.74, 6) is 0. The normalized spacial score (nSPS) is 10.3. The molecule has 0 heterocycles. The Morgan fingerprint density at radius 3 is 1.88 bits per heavy atom. The molecule has 0 fully saturated rings. The van der Waals surface area contributed by atoms with Gasteiger partial charge in [-0.15, -0.1) is 0 Å². The average molecular weight is 659 g/mol. The number of nitriles is 1. The number of benzene rings is 3. The second kappa shape index (κ2) is 8.18. The highest BCUT2D eigenvalue weighted by Crippen LogP contribution is 2.31. The number of hydrogen-bond donors (Lipinski definition) is 0. The molecule has 0 aliphatic rings. The lowest BCUT2D eigenvalue weighted by molar-refractivity contribution is 1.44. The van der Waals surface area contributed by atoms with Crippen molar-refractivity contribution in [2.45, 2.75) is 0 Å². The summed E-state index contributed by atoms with van der Waals surface area (Å²) in [5.41, 5.74) is 6.59. The van der Waals surface area contributed by atoms with Crippen LogP contribution < -0.4 is 0 Å². The smallest absolute Gasteiger partial charge is 0.101 e. The molecule has 3 aromatic rings. The molecule has 0 aliphatic carbocycles. The van der Waals surface area contributed by atoms with Gasteiger partial charge in [-0.1, -0.05) is 49.1 Å². The maximum atomic E-state index is 9.22. The molecule has 0 unspecified atom stereocenters. The lowest BCUT2D eigenvalue weighted by Gasteiger charge is -2.09. The van der Waals surface area contributed by atoms with Gasteiger partial charge in [0.1, 0.15) is 6.07 Å². The summed E-state index contributed by atoms with van der Waals surface area (Å²) in [4.78, 5) is 0. The van der Waals surface area contributed by atoms with Crippen LogP contribution in [0.15, 0.2) is 61.2 Å². The highest BCUT2D eigenvalue weighted by Gasteiger charge is 2.09. The summed E-state index contributed by atoms with van der Waals surface area (Å²) in [7, 11) is 0. The number of halogens is 3. The van der Waals surface area contributed by atoms with E-state index in [9.17, 15) is 5.26 Å². The Balaban J connectivity index is 1.98. The van der Waals surface area contributed by atoms with Crippen molar-refractivity contribution in [3.8, 4) is 28.3 Å². The standard InChI is InChI=1S/C21H12I3N/c1-2-13-3-8-17(19(22)9-13)15-6-4-14(5-7-15)16-10-20(23)18(12-25)21(24)11-16/h2-11H,1H2. The van der Waals surface area contributed by atoms with Crippen molar-refractivity contribution < 1.29 is 0 Å². The van der Waals surface area contributed by atoms with E-state index in [1.54, 1.807) is 0 Å². The number of hydrogen-bond acceptors (Lipinski definition) is 1. The van der Waals surface area contributed by atoms with Crippen molar-refractivity contribution in [1.29, 1.82) is 5.26 Å². The Kier molecular flexibility index (Phi) is 6.17. The molecule has 3 rings (SSSR count). The predicted molar refractivity (Wildman–Crippen MR) is 130 cm³/mol. The van der Waals surface area contributed by atoms with Crippen molar-refractivity contribution in [2.24, 2.45) is 0 Å². The molecule has 0 atom stereocenters. The monoisotopic (exact) mass is 659 g/mol. The quantitative estimate of drug-likeness (QED) is 0.270. The molecule has 122 valence electrons. The van der Waals surface area contributed by atoms with Crippen LogP contribution in [0.5, 0.6) is 0 Å². The fourth-order valence-electron chi connectivity index (χ4n) is 2.58. The van der Waals surface area contributed by atoms with Gasteiger partial charge in [0.05, 0.1) is 5.56 Å². The molecule has 0 N–H and O–H groups in total. The first-order valence-electron chi connectivity index (χ1n) is 7.45. The molecule has 0 aromatic heterocycles. The lowest BCUT2D eigenvalue weighted by Crippen LogP contribution is -1.90. The molecule has 0 radical (unpaired) electrons. The molecule has 4 heteroatoms. The van der Waals surface area contributed by atoms with Gasteiger partial charge in [0.2, 0.25) is 0 Å². The van der Waals surface area contributed by atoms with E-state index in [1.807, 2.05) is 6.08 Å². The minimum atomic E-state index is 0.749. The van der Waals surface area contributed by atoms with Gasteiger partial charge in [0.25, 0.3) is 0 Å². The SMILES string of the molecule is C=Cc1ccc(-c2ccc(-c3cc(I)c(C#N)c(I)c3)cc2)c(I)c1. The first-order valence-corrected chi connectivity index (χ1v) is 10.7. The van der Waals surface area contributed by atoms with Crippen LogP contribution in [0.25, 0.3) is 28.3 Å². The second-order valence-electron chi connectivity index (χ2n) is 5.45. The van der Waals surface area contributed by atoms with Crippen molar-refractivity contribution in [3.63, 3.8) is 0 Å². The van der Waals surface area contributed by atoms with E-state index in [1.165, 1.54) is 14.7 Å². The maximum Gasteiger partial charge on any atom is 0.101 e. The van der Waals surface area contributed by atoms with Crippen LogP contribution in [-0.2, 0) is 0 Å². The van der Waals surface area contributed by atoms with Gasteiger partial charge in [-0.25, -0.2) is 0 Å². The van der Waals surface area contributed by atoms with E-state index in [0.29, 0.717) is 0 Å². The van der Waals surface area contributed by atoms with Gasteiger partial charge in [0.15, 0.2) is 0 Å². The summed E-state index contributed by atoms with van der Waals surface area (Å²) in [6.45, 7) is 3.82. The van der Waals surface area contributed by atoms with Gasteiger partial charge >= 0.3 is 0 Å².